The van der Waals surface area contributed by atoms with E-state index in [1.54, 1.807) is 6.20 Å². The summed E-state index contributed by atoms with van der Waals surface area (Å²) >= 11 is 0. The first-order valence-corrected chi connectivity index (χ1v) is 3.54. The lowest BCUT2D eigenvalue weighted by Crippen LogP contribution is -2.18. The van der Waals surface area contributed by atoms with E-state index in [4.69, 9.17) is 5.73 Å². The molecule has 1 aromatic heterocycles. The first-order chi connectivity index (χ1) is 4.84. The minimum atomic E-state index is 0.671. The Kier molecular flexibility index (Phi) is 2.32. The Balaban J connectivity index is 2.81. The fraction of sp³-hybridized carbons (Fsp3) is 0.286. The van der Waals surface area contributed by atoms with Gasteiger partial charge in [0.05, 0.1) is 0 Å². The van der Waals surface area contributed by atoms with Gasteiger partial charge in [0.1, 0.15) is 5.82 Å². The highest BCUT2D eigenvalue weighted by Crippen LogP contribution is 1.90. The Hall–Kier alpha value is -0.985. The molecule has 1 aromatic rings. The van der Waals surface area contributed by atoms with Crippen molar-refractivity contribution < 1.29 is 0 Å². The van der Waals surface area contributed by atoms with Crippen LogP contribution in [-0.4, -0.2) is 12.3 Å². The molecule has 52 valence electrons. The van der Waals surface area contributed by atoms with Gasteiger partial charge in [0.15, 0.2) is 7.28 Å². The Bertz CT molecular complexity index is 213. The van der Waals surface area contributed by atoms with Crippen molar-refractivity contribution in [3.8, 4) is 0 Å². The van der Waals surface area contributed by atoms with Gasteiger partial charge in [-0.25, -0.2) is 4.98 Å². The van der Waals surface area contributed by atoms with Crippen molar-refractivity contribution >= 4 is 18.6 Å². The van der Waals surface area contributed by atoms with Gasteiger partial charge < -0.3 is 5.73 Å². The number of nitrogen functional groups attached to an aromatic ring is 1. The van der Waals surface area contributed by atoms with E-state index in [0.717, 1.165) is 19.1 Å². The maximum absolute atomic E-state index is 5.60. The summed E-state index contributed by atoms with van der Waals surface area (Å²) in [4.78, 5) is 3.98. The van der Waals surface area contributed by atoms with E-state index < -0.39 is 0 Å². The van der Waals surface area contributed by atoms with Crippen LogP contribution >= 0.6 is 0 Å². The molecule has 1 heterocycles. The first-order valence-electron chi connectivity index (χ1n) is 3.54. The third-order valence-electron chi connectivity index (χ3n) is 1.45. The highest BCUT2D eigenvalue weighted by atomic mass is 14.8. The maximum Gasteiger partial charge on any atom is 0.162 e. The van der Waals surface area contributed by atoms with Gasteiger partial charge in [-0.1, -0.05) is 19.3 Å². The Morgan fingerprint density at radius 1 is 1.70 bits per heavy atom. The Morgan fingerprint density at radius 3 is 3.10 bits per heavy atom. The molecule has 3 heteroatoms. The van der Waals surface area contributed by atoms with Crippen LogP contribution in [0.2, 0.25) is 6.32 Å². The topological polar surface area (TPSA) is 38.9 Å². The number of nitrogens with two attached hydrogens (primary N) is 1. The second-order valence-corrected chi connectivity index (χ2v) is 2.30. The maximum atomic E-state index is 5.60. The molecule has 0 saturated carbocycles. The number of pyridine rings is 1. The lowest BCUT2D eigenvalue weighted by Gasteiger charge is -1.98. The second kappa shape index (κ2) is 3.25. The molecule has 0 radical (unpaired) electrons. The van der Waals surface area contributed by atoms with Gasteiger partial charge in [0.2, 0.25) is 0 Å². The van der Waals surface area contributed by atoms with Crippen molar-refractivity contribution in [3.63, 3.8) is 0 Å². The number of anilines is 1. The van der Waals surface area contributed by atoms with Crippen molar-refractivity contribution in [2.75, 3.05) is 5.73 Å². The largest absolute Gasteiger partial charge is 0.384 e. The third kappa shape index (κ3) is 1.50. The summed E-state index contributed by atoms with van der Waals surface area (Å²) in [7, 11) is 1.03. The molecule has 0 aliphatic carbocycles. The van der Waals surface area contributed by atoms with Crippen LogP contribution in [-0.2, 0) is 0 Å². The highest BCUT2D eigenvalue weighted by Gasteiger charge is 1.96. The van der Waals surface area contributed by atoms with Crippen LogP contribution in [0.5, 0.6) is 0 Å². The van der Waals surface area contributed by atoms with Gasteiger partial charge in [-0.05, 0) is 11.5 Å². The molecule has 0 unspecified atom stereocenters. The van der Waals surface area contributed by atoms with Gasteiger partial charge in [-0.3, -0.25) is 0 Å². The molecular weight excluding hydrogens is 123 g/mol. The summed E-state index contributed by atoms with van der Waals surface area (Å²) in [6.45, 7) is 2.13. The SMILES string of the molecule is CCBc1cccnc1N. The molecule has 0 aliphatic heterocycles. The fourth-order valence-electron chi connectivity index (χ4n) is 0.932. The van der Waals surface area contributed by atoms with Crippen molar-refractivity contribution in [3.05, 3.63) is 18.3 Å². The van der Waals surface area contributed by atoms with E-state index >= 15 is 0 Å². The minimum Gasteiger partial charge on any atom is -0.384 e. The third-order valence-corrected chi connectivity index (χ3v) is 1.45. The van der Waals surface area contributed by atoms with Crippen LogP contribution in [0.25, 0.3) is 0 Å². The molecule has 2 nitrogen and oxygen atoms in total. The average molecular weight is 134 g/mol. The van der Waals surface area contributed by atoms with Crippen LogP contribution in [0.4, 0.5) is 5.82 Å². The molecule has 0 spiro atoms. The molecule has 0 aromatic carbocycles. The predicted octanol–water partition coefficient (Wildman–Crippen LogP) is 0.164. The molecule has 0 fully saturated rings. The van der Waals surface area contributed by atoms with E-state index in [1.807, 2.05) is 12.1 Å². The first kappa shape index (κ1) is 7.13. The van der Waals surface area contributed by atoms with E-state index in [-0.39, 0.29) is 0 Å². The number of hydrogen-bond donors (Lipinski definition) is 1. The summed E-state index contributed by atoms with van der Waals surface area (Å²) in [5, 5.41) is 0. The number of aromatic nitrogens is 1. The molecule has 0 saturated heterocycles. The molecule has 0 aliphatic rings. The lowest BCUT2D eigenvalue weighted by molar-refractivity contribution is 1.35. The molecular formula is C7H11BN2. The summed E-state index contributed by atoms with van der Waals surface area (Å²) in [6, 6.07) is 3.94. The molecule has 0 atom stereocenters. The molecule has 10 heavy (non-hydrogen) atoms. The van der Waals surface area contributed by atoms with Gasteiger partial charge >= 0.3 is 0 Å². The van der Waals surface area contributed by atoms with E-state index in [9.17, 15) is 0 Å². The fourth-order valence-corrected chi connectivity index (χ4v) is 0.932. The zero-order valence-electron chi connectivity index (χ0n) is 6.17. The standard InChI is InChI=1S/C7H11BN2/c1-2-8-6-4-3-5-10-7(6)9/h3-5,8H,2H2,1H3,(H2,9,10). The number of hydrogen-bond acceptors (Lipinski definition) is 2. The van der Waals surface area contributed by atoms with E-state index in [1.165, 1.54) is 0 Å². The Labute approximate surface area is 61.7 Å². The van der Waals surface area contributed by atoms with Crippen LogP contribution in [0.1, 0.15) is 6.92 Å². The van der Waals surface area contributed by atoms with Gasteiger partial charge in [0, 0.05) is 6.20 Å². The van der Waals surface area contributed by atoms with Crippen molar-refractivity contribution in [1.29, 1.82) is 0 Å². The van der Waals surface area contributed by atoms with Crippen molar-refractivity contribution in [2.24, 2.45) is 0 Å². The monoisotopic (exact) mass is 134 g/mol. The smallest absolute Gasteiger partial charge is 0.162 e. The molecule has 0 amide bonds. The molecule has 1 rings (SSSR count). The van der Waals surface area contributed by atoms with Crippen molar-refractivity contribution in [1.82, 2.24) is 4.98 Å². The van der Waals surface area contributed by atoms with E-state index in [2.05, 4.69) is 11.9 Å². The molecule has 0 bridgehead atoms. The van der Waals surface area contributed by atoms with Crippen molar-refractivity contribution in [2.45, 2.75) is 13.2 Å². The quantitative estimate of drug-likeness (QED) is 0.585. The summed E-state index contributed by atoms with van der Waals surface area (Å²) in [5.74, 6) is 0.671. The lowest BCUT2D eigenvalue weighted by atomic mass is 9.68. The van der Waals surface area contributed by atoms with Crippen LogP contribution in [0.15, 0.2) is 18.3 Å². The normalized spacial score (nSPS) is 9.30. The number of rotatable bonds is 2. The number of nitrogens with zero attached hydrogens (tertiary/aromatic N) is 1. The van der Waals surface area contributed by atoms with E-state index in [0.29, 0.717) is 5.82 Å². The minimum absolute atomic E-state index is 0.671. The average Bonchev–Trinajstić information content (AvgIpc) is 1.94. The Morgan fingerprint density at radius 2 is 2.50 bits per heavy atom. The van der Waals surface area contributed by atoms with Crippen LogP contribution in [0.3, 0.4) is 0 Å². The highest BCUT2D eigenvalue weighted by molar-refractivity contribution is 6.55. The molecule has 2 N–H and O–H groups in total. The summed E-state index contributed by atoms with van der Waals surface area (Å²) in [5.41, 5.74) is 6.75. The van der Waals surface area contributed by atoms with Gasteiger partial charge in [0.25, 0.3) is 0 Å². The van der Waals surface area contributed by atoms with Gasteiger partial charge in [-0.15, -0.1) is 0 Å². The second-order valence-electron chi connectivity index (χ2n) is 2.30. The summed E-state index contributed by atoms with van der Waals surface area (Å²) < 4.78 is 0. The van der Waals surface area contributed by atoms with Crippen LogP contribution < -0.4 is 11.2 Å². The van der Waals surface area contributed by atoms with Crippen LogP contribution in [0, 0.1) is 0 Å². The summed E-state index contributed by atoms with van der Waals surface area (Å²) in [6.07, 6.45) is 2.84. The zero-order valence-corrected chi connectivity index (χ0v) is 6.17. The predicted molar refractivity (Wildman–Crippen MR) is 45.9 cm³/mol. The van der Waals surface area contributed by atoms with Gasteiger partial charge in [-0.2, -0.15) is 0 Å². The zero-order chi connectivity index (χ0) is 7.40.